The minimum atomic E-state index is -0.336. The van der Waals surface area contributed by atoms with Crippen molar-refractivity contribution in [3.05, 3.63) is 36.5 Å². The second-order valence-electron chi connectivity index (χ2n) is 5.63. The average molecular weight is 330 g/mol. The summed E-state index contributed by atoms with van der Waals surface area (Å²) in [5, 5.41) is 10.4. The first-order valence-corrected chi connectivity index (χ1v) is 7.49. The summed E-state index contributed by atoms with van der Waals surface area (Å²) in [6.07, 6.45) is 3.54. The number of nitrogens with one attached hydrogen (secondary N) is 1. The van der Waals surface area contributed by atoms with Crippen LogP contribution in [0.5, 0.6) is 0 Å². The molecule has 1 fully saturated rings. The Morgan fingerprint density at radius 2 is 2.04 bits per heavy atom. The van der Waals surface area contributed by atoms with Gasteiger partial charge in [-0.15, -0.1) is 10.2 Å². The van der Waals surface area contributed by atoms with Crippen LogP contribution in [0.25, 0.3) is 5.82 Å². The maximum absolute atomic E-state index is 12.4. The minimum Gasteiger partial charge on any atom is -0.468 e. The summed E-state index contributed by atoms with van der Waals surface area (Å²) in [4.78, 5) is 30.3. The number of aromatic nitrogens is 4. The number of hydrogen-bond donors (Lipinski definition) is 1. The number of carbonyl (C=O) groups is 2. The number of pyridine rings is 1. The van der Waals surface area contributed by atoms with Crippen LogP contribution in [0.1, 0.15) is 16.9 Å². The van der Waals surface area contributed by atoms with Gasteiger partial charge >= 0.3 is 5.97 Å². The number of likely N-dealkylation sites (N-methyl/N-ethyl adjacent to an activating group) is 1. The zero-order valence-corrected chi connectivity index (χ0v) is 13.4. The second kappa shape index (κ2) is 6.75. The van der Waals surface area contributed by atoms with E-state index in [2.05, 4.69) is 20.5 Å². The number of nitrogens with zero attached hydrogens (tertiary/aromatic N) is 5. The third-order valence-corrected chi connectivity index (χ3v) is 4.01. The topological polar surface area (TPSA) is 102 Å². The van der Waals surface area contributed by atoms with Gasteiger partial charge in [-0.05, 0) is 25.6 Å². The van der Waals surface area contributed by atoms with Gasteiger partial charge in [0, 0.05) is 12.6 Å². The van der Waals surface area contributed by atoms with E-state index in [0.29, 0.717) is 24.5 Å². The number of hydrogen-bond acceptors (Lipinski definition) is 7. The van der Waals surface area contributed by atoms with Gasteiger partial charge in [-0.2, -0.15) is 0 Å². The zero-order valence-electron chi connectivity index (χ0n) is 13.4. The quantitative estimate of drug-likeness (QED) is 0.764. The molecule has 1 amide bonds. The van der Waals surface area contributed by atoms with Gasteiger partial charge in [0.25, 0.3) is 5.91 Å². The lowest BCUT2D eigenvalue weighted by Gasteiger charge is -2.15. The van der Waals surface area contributed by atoms with E-state index in [1.807, 2.05) is 11.9 Å². The lowest BCUT2D eigenvalue weighted by molar-refractivity contribution is -0.145. The van der Waals surface area contributed by atoms with Crippen molar-refractivity contribution in [1.82, 2.24) is 30.0 Å². The summed E-state index contributed by atoms with van der Waals surface area (Å²) in [6, 6.07) is 4.68. The number of esters is 1. The van der Waals surface area contributed by atoms with Gasteiger partial charge in [0.05, 0.1) is 7.11 Å². The monoisotopic (exact) mass is 330 g/mol. The Balaban J connectivity index is 1.68. The molecule has 2 atom stereocenters. The molecule has 3 heterocycles. The summed E-state index contributed by atoms with van der Waals surface area (Å²) in [7, 11) is 3.20. The van der Waals surface area contributed by atoms with Crippen molar-refractivity contribution in [3.8, 4) is 5.82 Å². The molecule has 2 aromatic rings. The van der Waals surface area contributed by atoms with Crippen LogP contribution in [0.4, 0.5) is 0 Å². The van der Waals surface area contributed by atoms with Gasteiger partial charge < -0.3 is 10.1 Å². The summed E-state index contributed by atoms with van der Waals surface area (Å²) in [5.74, 6) is -0.0144. The molecule has 0 radical (unpaired) electrons. The molecular formula is C15H18N6O3. The van der Waals surface area contributed by atoms with Crippen molar-refractivity contribution in [3.63, 3.8) is 0 Å². The van der Waals surface area contributed by atoms with Crippen molar-refractivity contribution in [2.45, 2.75) is 18.5 Å². The maximum Gasteiger partial charge on any atom is 0.323 e. The molecule has 2 aromatic heterocycles. The van der Waals surface area contributed by atoms with Crippen LogP contribution in [0.15, 0.2) is 30.9 Å². The minimum absolute atomic E-state index is 0.132. The fourth-order valence-corrected chi connectivity index (χ4v) is 2.79. The van der Waals surface area contributed by atoms with Gasteiger partial charge in [0.2, 0.25) is 0 Å². The molecule has 0 saturated carbocycles. The van der Waals surface area contributed by atoms with Crippen LogP contribution in [0, 0.1) is 0 Å². The van der Waals surface area contributed by atoms with E-state index in [0.717, 1.165) is 0 Å². The molecular weight excluding hydrogens is 312 g/mol. The van der Waals surface area contributed by atoms with Gasteiger partial charge in [-0.1, -0.05) is 6.07 Å². The van der Waals surface area contributed by atoms with Crippen molar-refractivity contribution in [2.75, 3.05) is 20.7 Å². The van der Waals surface area contributed by atoms with Crippen molar-refractivity contribution in [2.24, 2.45) is 0 Å². The number of rotatable bonds is 4. The predicted octanol–water partition coefficient (Wildman–Crippen LogP) is -0.362. The summed E-state index contributed by atoms with van der Waals surface area (Å²) in [6.45, 7) is 0.580. The third-order valence-electron chi connectivity index (χ3n) is 4.01. The highest BCUT2D eigenvalue weighted by molar-refractivity contribution is 5.92. The molecule has 9 heteroatoms. The Morgan fingerprint density at radius 3 is 2.75 bits per heavy atom. The smallest absolute Gasteiger partial charge is 0.323 e. The molecule has 0 unspecified atom stereocenters. The molecule has 1 N–H and O–H groups in total. The van der Waals surface area contributed by atoms with Crippen LogP contribution >= 0.6 is 0 Å². The van der Waals surface area contributed by atoms with Crippen LogP contribution in [0.2, 0.25) is 0 Å². The Kier molecular flexibility index (Phi) is 4.52. The zero-order chi connectivity index (χ0) is 17.1. The first kappa shape index (κ1) is 16.1. The number of likely N-dealkylation sites (tertiary alicyclic amines) is 1. The lowest BCUT2D eigenvalue weighted by Crippen LogP contribution is -2.37. The lowest BCUT2D eigenvalue weighted by atomic mass is 10.1. The molecule has 3 rings (SSSR count). The molecule has 1 saturated heterocycles. The molecule has 0 aliphatic carbocycles. The normalized spacial score (nSPS) is 20.8. The average Bonchev–Trinajstić information content (AvgIpc) is 3.24. The van der Waals surface area contributed by atoms with E-state index in [1.165, 1.54) is 19.8 Å². The van der Waals surface area contributed by atoms with E-state index >= 15 is 0 Å². The van der Waals surface area contributed by atoms with Crippen molar-refractivity contribution >= 4 is 11.9 Å². The van der Waals surface area contributed by atoms with Crippen molar-refractivity contribution in [1.29, 1.82) is 0 Å². The molecule has 9 nitrogen and oxygen atoms in total. The van der Waals surface area contributed by atoms with Gasteiger partial charge in [0.1, 0.15) is 30.2 Å². The molecule has 0 spiro atoms. The van der Waals surface area contributed by atoms with E-state index in [-0.39, 0.29) is 24.0 Å². The van der Waals surface area contributed by atoms with E-state index in [4.69, 9.17) is 4.74 Å². The standard InChI is InChI=1S/C15H18N6O3/c1-20-7-10(6-12(20)15(23)24-2)18-14(22)11-4-3-5-13(19-11)21-8-16-17-9-21/h3-5,8-10,12H,6-7H2,1-2H3,(H,18,22)/t10-,12+/m1/s1. The van der Waals surface area contributed by atoms with Crippen LogP contribution in [-0.4, -0.2) is 69.3 Å². The molecule has 1 aliphatic rings. The first-order chi connectivity index (χ1) is 11.6. The largest absolute Gasteiger partial charge is 0.468 e. The van der Waals surface area contributed by atoms with Crippen LogP contribution in [0.3, 0.4) is 0 Å². The summed E-state index contributed by atoms with van der Waals surface area (Å²) < 4.78 is 6.40. The molecule has 0 aromatic carbocycles. The Bertz CT molecular complexity index is 733. The van der Waals surface area contributed by atoms with E-state index in [1.54, 1.807) is 22.8 Å². The van der Waals surface area contributed by atoms with E-state index < -0.39 is 0 Å². The highest BCUT2D eigenvalue weighted by Crippen LogP contribution is 2.17. The van der Waals surface area contributed by atoms with Gasteiger partial charge in [-0.3, -0.25) is 19.1 Å². The first-order valence-electron chi connectivity index (χ1n) is 7.49. The fraction of sp³-hybridized carbons (Fsp3) is 0.400. The Morgan fingerprint density at radius 1 is 1.29 bits per heavy atom. The SMILES string of the molecule is COC(=O)[C@@H]1C[C@@H](NC(=O)c2cccc(-n3cnnc3)n2)CN1C. The van der Waals surface area contributed by atoms with E-state index in [9.17, 15) is 9.59 Å². The molecule has 126 valence electrons. The predicted molar refractivity (Wildman–Crippen MR) is 83.5 cm³/mol. The molecule has 24 heavy (non-hydrogen) atoms. The number of carbonyl (C=O) groups excluding carboxylic acids is 2. The Hall–Kier alpha value is -2.81. The van der Waals surface area contributed by atoms with Crippen molar-refractivity contribution < 1.29 is 14.3 Å². The number of methoxy groups -OCH3 is 1. The highest BCUT2D eigenvalue weighted by Gasteiger charge is 2.36. The molecule has 1 aliphatic heterocycles. The van der Waals surface area contributed by atoms with Crippen LogP contribution < -0.4 is 5.32 Å². The third kappa shape index (κ3) is 3.25. The van der Waals surface area contributed by atoms with Gasteiger partial charge in [-0.25, -0.2) is 4.98 Å². The summed E-state index contributed by atoms with van der Waals surface area (Å²) >= 11 is 0. The van der Waals surface area contributed by atoms with Gasteiger partial charge in [0.15, 0.2) is 0 Å². The summed E-state index contributed by atoms with van der Waals surface area (Å²) in [5.41, 5.74) is 0.297. The fourth-order valence-electron chi connectivity index (χ4n) is 2.79. The maximum atomic E-state index is 12.4. The second-order valence-corrected chi connectivity index (χ2v) is 5.63. The number of amides is 1. The Labute approximate surface area is 138 Å². The molecule has 0 bridgehead atoms. The highest BCUT2D eigenvalue weighted by atomic mass is 16.5. The van der Waals surface area contributed by atoms with Crippen LogP contribution in [-0.2, 0) is 9.53 Å². The number of ether oxygens (including phenoxy) is 1.